The summed E-state index contributed by atoms with van der Waals surface area (Å²) in [4.78, 5) is 30.3. The molecule has 0 bridgehead atoms. The first-order valence-corrected chi connectivity index (χ1v) is 10.0. The van der Waals surface area contributed by atoms with Gasteiger partial charge in [-0.05, 0) is 49.9 Å². The van der Waals surface area contributed by atoms with E-state index in [9.17, 15) is 9.59 Å². The quantitative estimate of drug-likeness (QED) is 0.782. The van der Waals surface area contributed by atoms with Gasteiger partial charge in [-0.15, -0.1) is 0 Å². The van der Waals surface area contributed by atoms with Crippen molar-refractivity contribution in [3.8, 4) is 0 Å². The molecule has 2 aromatic rings. The maximum Gasteiger partial charge on any atom is 0.409 e. The first-order chi connectivity index (χ1) is 14.1. The van der Waals surface area contributed by atoms with E-state index in [2.05, 4.69) is 34.7 Å². The number of carbonyl (C=O) groups excluding carboxylic acids is 2. The van der Waals surface area contributed by atoms with Crippen LogP contribution < -0.4 is 10.6 Å². The zero-order chi connectivity index (χ0) is 20.6. The molecule has 0 saturated carbocycles. The second-order valence-corrected chi connectivity index (χ2v) is 7.15. The van der Waals surface area contributed by atoms with Crippen LogP contribution in [0, 0.1) is 6.92 Å². The molecule has 2 heterocycles. The summed E-state index contributed by atoms with van der Waals surface area (Å²) in [6.45, 7) is 6.10. The topological polar surface area (TPSA) is 83.6 Å². The van der Waals surface area contributed by atoms with E-state index < -0.39 is 0 Å². The molecule has 1 aliphatic rings. The Kier molecular flexibility index (Phi) is 7.05. The standard InChI is InChI=1S/C22H28N4O3/c1-3-29-22(28)26-12-10-19(11-13-26)25-21(27)18-8-9-20(24-15-18)23-14-17-7-5-4-6-16(17)2/h4-9,15,19H,3,10-14H2,1-2H3,(H,23,24)(H,25,27). The van der Waals surface area contributed by atoms with Crippen molar-refractivity contribution in [1.29, 1.82) is 0 Å². The first-order valence-electron chi connectivity index (χ1n) is 10.0. The highest BCUT2D eigenvalue weighted by molar-refractivity contribution is 5.94. The Morgan fingerprint density at radius 3 is 2.59 bits per heavy atom. The van der Waals surface area contributed by atoms with Gasteiger partial charge in [0, 0.05) is 31.9 Å². The average Bonchev–Trinajstić information content (AvgIpc) is 2.74. The van der Waals surface area contributed by atoms with E-state index in [1.807, 2.05) is 18.2 Å². The molecular weight excluding hydrogens is 368 g/mol. The van der Waals surface area contributed by atoms with Crippen LogP contribution in [0.3, 0.4) is 0 Å². The zero-order valence-electron chi connectivity index (χ0n) is 17.0. The van der Waals surface area contributed by atoms with Crippen LogP contribution in [0.2, 0.25) is 0 Å². The van der Waals surface area contributed by atoms with Crippen molar-refractivity contribution in [2.75, 3.05) is 25.0 Å². The van der Waals surface area contributed by atoms with Crippen LogP contribution in [-0.2, 0) is 11.3 Å². The molecule has 29 heavy (non-hydrogen) atoms. The Labute approximate surface area is 171 Å². The number of amides is 2. The maximum atomic E-state index is 12.5. The normalized spacial score (nSPS) is 14.3. The number of aryl methyl sites for hydroxylation is 1. The van der Waals surface area contributed by atoms with Gasteiger partial charge in [0.15, 0.2) is 0 Å². The van der Waals surface area contributed by atoms with Crippen LogP contribution in [0.1, 0.15) is 41.3 Å². The second kappa shape index (κ2) is 9.91. The Balaban J connectivity index is 1.47. The van der Waals surface area contributed by atoms with Gasteiger partial charge in [-0.1, -0.05) is 24.3 Å². The number of nitrogens with one attached hydrogen (secondary N) is 2. The van der Waals surface area contributed by atoms with Crippen LogP contribution in [-0.4, -0.2) is 47.6 Å². The molecular formula is C22H28N4O3. The van der Waals surface area contributed by atoms with Crippen LogP contribution in [0.15, 0.2) is 42.6 Å². The fourth-order valence-electron chi connectivity index (χ4n) is 3.32. The number of likely N-dealkylation sites (tertiary alicyclic amines) is 1. The van der Waals surface area contributed by atoms with Crippen LogP contribution >= 0.6 is 0 Å². The molecule has 2 amide bonds. The summed E-state index contributed by atoms with van der Waals surface area (Å²) < 4.78 is 5.02. The summed E-state index contributed by atoms with van der Waals surface area (Å²) in [7, 11) is 0. The number of piperidine rings is 1. The summed E-state index contributed by atoms with van der Waals surface area (Å²) in [6, 6.07) is 11.8. The van der Waals surface area contributed by atoms with Crippen molar-refractivity contribution >= 4 is 17.8 Å². The van der Waals surface area contributed by atoms with Gasteiger partial charge in [-0.2, -0.15) is 0 Å². The number of pyridine rings is 1. The van der Waals surface area contributed by atoms with E-state index in [1.165, 1.54) is 11.1 Å². The van der Waals surface area contributed by atoms with E-state index in [0.29, 0.717) is 44.6 Å². The zero-order valence-corrected chi connectivity index (χ0v) is 17.0. The predicted octanol–water partition coefficient (Wildman–Crippen LogP) is 3.35. The van der Waals surface area contributed by atoms with Crippen LogP contribution in [0.25, 0.3) is 0 Å². The van der Waals surface area contributed by atoms with Crippen LogP contribution in [0.5, 0.6) is 0 Å². The number of hydrogen-bond acceptors (Lipinski definition) is 5. The van der Waals surface area contributed by atoms with Gasteiger partial charge in [0.25, 0.3) is 5.91 Å². The first kappa shape index (κ1) is 20.6. The highest BCUT2D eigenvalue weighted by Gasteiger charge is 2.24. The highest BCUT2D eigenvalue weighted by Crippen LogP contribution is 2.14. The molecule has 3 rings (SSSR count). The number of hydrogen-bond donors (Lipinski definition) is 2. The van der Waals surface area contributed by atoms with Gasteiger partial charge in [-0.25, -0.2) is 9.78 Å². The fourth-order valence-corrected chi connectivity index (χ4v) is 3.32. The van der Waals surface area contributed by atoms with E-state index >= 15 is 0 Å². The lowest BCUT2D eigenvalue weighted by Crippen LogP contribution is -2.46. The molecule has 1 aliphatic heterocycles. The number of nitrogens with zero attached hydrogens (tertiary/aromatic N) is 2. The Bertz CT molecular complexity index is 830. The lowest BCUT2D eigenvalue weighted by molar-refractivity contribution is 0.0860. The predicted molar refractivity (Wildman–Crippen MR) is 112 cm³/mol. The Morgan fingerprint density at radius 1 is 1.17 bits per heavy atom. The van der Waals surface area contributed by atoms with Gasteiger partial charge in [-0.3, -0.25) is 4.79 Å². The molecule has 0 spiro atoms. The Morgan fingerprint density at radius 2 is 1.93 bits per heavy atom. The SMILES string of the molecule is CCOC(=O)N1CCC(NC(=O)c2ccc(NCc3ccccc3C)nc2)CC1. The van der Waals surface area contributed by atoms with Gasteiger partial charge in [0.05, 0.1) is 12.2 Å². The van der Waals surface area contributed by atoms with Gasteiger partial charge in [0.1, 0.15) is 5.82 Å². The third-order valence-corrected chi connectivity index (χ3v) is 5.10. The third kappa shape index (κ3) is 5.70. The molecule has 1 aromatic carbocycles. The smallest absolute Gasteiger partial charge is 0.409 e. The van der Waals surface area contributed by atoms with Crippen molar-refractivity contribution in [1.82, 2.24) is 15.2 Å². The molecule has 154 valence electrons. The molecule has 0 radical (unpaired) electrons. The number of anilines is 1. The molecule has 0 aliphatic carbocycles. The highest BCUT2D eigenvalue weighted by atomic mass is 16.6. The molecule has 0 atom stereocenters. The lowest BCUT2D eigenvalue weighted by atomic mass is 10.0. The number of carbonyl (C=O) groups is 2. The number of ether oxygens (including phenoxy) is 1. The van der Waals surface area contributed by atoms with E-state index in [0.717, 1.165) is 5.82 Å². The minimum Gasteiger partial charge on any atom is -0.450 e. The van der Waals surface area contributed by atoms with Gasteiger partial charge < -0.3 is 20.3 Å². The summed E-state index contributed by atoms with van der Waals surface area (Å²) in [5.74, 6) is 0.588. The molecule has 1 aromatic heterocycles. The van der Waals surface area contributed by atoms with E-state index in [-0.39, 0.29) is 18.0 Å². The summed E-state index contributed by atoms with van der Waals surface area (Å²) in [5.41, 5.74) is 2.97. The summed E-state index contributed by atoms with van der Waals surface area (Å²) >= 11 is 0. The van der Waals surface area contributed by atoms with Crippen molar-refractivity contribution in [2.24, 2.45) is 0 Å². The fraction of sp³-hybridized carbons (Fsp3) is 0.409. The van der Waals surface area contributed by atoms with Crippen molar-refractivity contribution in [2.45, 2.75) is 39.3 Å². The van der Waals surface area contributed by atoms with Crippen molar-refractivity contribution in [3.63, 3.8) is 0 Å². The van der Waals surface area contributed by atoms with Crippen LogP contribution in [0.4, 0.5) is 10.6 Å². The number of rotatable bonds is 6. The molecule has 2 N–H and O–H groups in total. The number of aromatic nitrogens is 1. The van der Waals surface area contributed by atoms with Crippen molar-refractivity contribution in [3.05, 3.63) is 59.3 Å². The van der Waals surface area contributed by atoms with E-state index in [1.54, 1.807) is 24.1 Å². The van der Waals surface area contributed by atoms with Crippen molar-refractivity contribution < 1.29 is 14.3 Å². The molecule has 1 fully saturated rings. The van der Waals surface area contributed by atoms with Gasteiger partial charge >= 0.3 is 6.09 Å². The minimum atomic E-state index is -0.282. The molecule has 7 nitrogen and oxygen atoms in total. The van der Waals surface area contributed by atoms with Gasteiger partial charge in [0.2, 0.25) is 0 Å². The molecule has 1 saturated heterocycles. The lowest BCUT2D eigenvalue weighted by Gasteiger charge is -2.31. The maximum absolute atomic E-state index is 12.5. The Hall–Kier alpha value is -3.09. The second-order valence-electron chi connectivity index (χ2n) is 7.15. The minimum absolute atomic E-state index is 0.0482. The third-order valence-electron chi connectivity index (χ3n) is 5.10. The summed E-state index contributed by atoms with van der Waals surface area (Å²) in [6.07, 6.45) is 2.74. The van der Waals surface area contributed by atoms with E-state index in [4.69, 9.17) is 4.74 Å². The summed E-state index contributed by atoms with van der Waals surface area (Å²) in [5, 5.41) is 6.32. The molecule has 0 unspecified atom stereocenters. The largest absolute Gasteiger partial charge is 0.450 e. The molecule has 7 heteroatoms. The average molecular weight is 396 g/mol. The number of benzene rings is 1. The monoisotopic (exact) mass is 396 g/mol.